The monoisotopic (exact) mass is 507 g/mol. The van der Waals surface area contributed by atoms with Gasteiger partial charge in [-0.25, -0.2) is 28.5 Å². The Morgan fingerprint density at radius 1 is 1.29 bits per heavy atom. The van der Waals surface area contributed by atoms with Gasteiger partial charge in [-0.15, -0.1) is 11.3 Å². The lowest BCUT2D eigenvalue weighted by Crippen LogP contribution is -2.33. The molecule has 8 nitrogen and oxygen atoms in total. The average Bonchev–Trinajstić information content (AvgIpc) is 3.26. The summed E-state index contributed by atoms with van der Waals surface area (Å²) in [6.45, 7) is 1.77. The lowest BCUT2D eigenvalue weighted by Gasteiger charge is -2.26. The van der Waals surface area contributed by atoms with E-state index in [2.05, 4.69) is 15.0 Å². The summed E-state index contributed by atoms with van der Waals surface area (Å²) < 4.78 is 49.9. The highest BCUT2D eigenvalue weighted by molar-refractivity contribution is 7.22. The van der Waals surface area contributed by atoms with Gasteiger partial charge in [-0.05, 0) is 30.7 Å². The average molecular weight is 508 g/mol. The molecule has 3 heterocycles. The van der Waals surface area contributed by atoms with Crippen molar-refractivity contribution in [2.75, 3.05) is 20.3 Å². The number of carbonyl (C=O) groups excluding carboxylic acids is 1. The number of halogens is 3. The summed E-state index contributed by atoms with van der Waals surface area (Å²) in [6, 6.07) is 4.95. The van der Waals surface area contributed by atoms with Crippen LogP contribution in [0.3, 0.4) is 0 Å². The van der Waals surface area contributed by atoms with Crippen molar-refractivity contribution in [1.29, 1.82) is 0 Å². The quantitative estimate of drug-likeness (QED) is 0.319. The fourth-order valence-corrected chi connectivity index (χ4v) is 4.87. The Bertz CT molecular complexity index is 1430. The number of alkyl halides is 2. The fraction of sp³-hybridized carbons (Fsp3) is 0.273. The third kappa shape index (κ3) is 4.05. The number of aromatic nitrogens is 3. The maximum absolute atomic E-state index is 14.0. The molecular formula is C22H16ClF2N3O5S. The molecule has 34 heavy (non-hydrogen) atoms. The molecule has 1 aliphatic rings. The summed E-state index contributed by atoms with van der Waals surface area (Å²) >= 11 is 6.39. The number of fused-ring (bicyclic) bond motifs is 4. The summed E-state index contributed by atoms with van der Waals surface area (Å²) in [7, 11) is 1.50. The first-order valence-electron chi connectivity index (χ1n) is 10.0. The summed E-state index contributed by atoms with van der Waals surface area (Å²) in [5.41, 5.74) is 1.56. The first-order valence-corrected chi connectivity index (χ1v) is 11.2. The highest BCUT2D eigenvalue weighted by Crippen LogP contribution is 2.48. The predicted molar refractivity (Wildman–Crippen MR) is 122 cm³/mol. The molecule has 0 fully saturated rings. The van der Waals surface area contributed by atoms with Crippen molar-refractivity contribution >= 4 is 49.6 Å². The second-order valence-electron chi connectivity index (χ2n) is 7.48. The van der Waals surface area contributed by atoms with E-state index in [-0.39, 0.29) is 30.0 Å². The van der Waals surface area contributed by atoms with E-state index in [0.29, 0.717) is 37.9 Å². The summed E-state index contributed by atoms with van der Waals surface area (Å²) in [5, 5.41) is 0.486. The molecule has 0 spiro atoms. The van der Waals surface area contributed by atoms with Gasteiger partial charge in [-0.2, -0.15) is 0 Å². The van der Waals surface area contributed by atoms with Gasteiger partial charge in [-0.3, -0.25) is 0 Å². The maximum atomic E-state index is 14.0. The van der Waals surface area contributed by atoms with E-state index in [0.717, 1.165) is 5.56 Å². The lowest BCUT2D eigenvalue weighted by molar-refractivity contribution is 0.0409. The number of aryl methyl sites for hydroxylation is 1. The molecule has 5 rings (SSSR count). The number of carbonyl (C=O) groups is 1. The van der Waals surface area contributed by atoms with Gasteiger partial charge >= 0.3 is 5.43 Å². The SMILES string of the molecule is COc1cnc2c(-c3nc4c(C(F)F)cc5c(c4s3)OC[C@H](COC(=O)Cl)O5)cc(C)cc2n1. The number of methoxy groups -OCH3 is 1. The first-order chi connectivity index (χ1) is 16.3. The normalized spacial score (nSPS) is 15.2. The van der Waals surface area contributed by atoms with Gasteiger partial charge in [0.1, 0.15) is 22.9 Å². The van der Waals surface area contributed by atoms with Crippen LogP contribution in [0.15, 0.2) is 24.4 Å². The van der Waals surface area contributed by atoms with E-state index in [4.69, 9.17) is 30.5 Å². The molecule has 0 aliphatic carbocycles. The third-order valence-corrected chi connectivity index (χ3v) is 6.35. The number of benzene rings is 2. The van der Waals surface area contributed by atoms with Crippen LogP contribution in [0, 0.1) is 6.92 Å². The molecule has 1 atom stereocenters. The number of rotatable bonds is 5. The van der Waals surface area contributed by atoms with Crippen LogP contribution in [0.5, 0.6) is 17.4 Å². The van der Waals surface area contributed by atoms with Crippen LogP contribution in [-0.2, 0) is 4.74 Å². The van der Waals surface area contributed by atoms with Crippen LogP contribution in [0.1, 0.15) is 17.6 Å². The summed E-state index contributed by atoms with van der Waals surface area (Å²) in [6.07, 6.45) is -1.99. The van der Waals surface area contributed by atoms with Crippen molar-refractivity contribution in [2.24, 2.45) is 0 Å². The van der Waals surface area contributed by atoms with Crippen LogP contribution in [0.4, 0.5) is 13.6 Å². The van der Waals surface area contributed by atoms with E-state index in [1.54, 1.807) is 0 Å². The molecule has 0 amide bonds. The molecule has 4 aromatic rings. The Morgan fingerprint density at radius 3 is 2.85 bits per heavy atom. The Hall–Kier alpha value is -3.31. The minimum Gasteiger partial charge on any atom is -0.484 e. The minimum absolute atomic E-state index is 0.0478. The molecule has 2 aromatic carbocycles. The minimum atomic E-state index is -2.80. The van der Waals surface area contributed by atoms with E-state index in [1.807, 2.05) is 19.1 Å². The zero-order valence-corrected chi connectivity index (χ0v) is 19.4. The molecule has 0 unspecified atom stereocenters. The molecule has 0 saturated carbocycles. The lowest BCUT2D eigenvalue weighted by atomic mass is 10.1. The first kappa shape index (κ1) is 22.5. The van der Waals surface area contributed by atoms with Gasteiger partial charge < -0.3 is 18.9 Å². The molecule has 176 valence electrons. The second-order valence-corrected chi connectivity index (χ2v) is 8.79. The predicted octanol–water partition coefficient (Wildman–Crippen LogP) is 5.68. The van der Waals surface area contributed by atoms with E-state index < -0.39 is 18.0 Å². The van der Waals surface area contributed by atoms with Crippen molar-refractivity contribution in [2.45, 2.75) is 19.5 Å². The summed E-state index contributed by atoms with van der Waals surface area (Å²) in [4.78, 5) is 24.3. The summed E-state index contributed by atoms with van der Waals surface area (Å²) in [5.74, 6) is 0.794. The van der Waals surface area contributed by atoms with Gasteiger partial charge in [0.15, 0.2) is 17.6 Å². The highest BCUT2D eigenvalue weighted by atomic mass is 35.5. The largest absolute Gasteiger partial charge is 0.484 e. The molecular weight excluding hydrogens is 492 g/mol. The molecule has 0 bridgehead atoms. The molecule has 0 radical (unpaired) electrons. The van der Waals surface area contributed by atoms with E-state index in [1.165, 1.54) is 30.7 Å². The molecule has 0 N–H and O–H groups in total. The van der Waals surface area contributed by atoms with Crippen molar-refractivity contribution in [1.82, 2.24) is 15.0 Å². The topological polar surface area (TPSA) is 92.7 Å². The van der Waals surface area contributed by atoms with Gasteiger partial charge in [0.05, 0.1) is 29.9 Å². The van der Waals surface area contributed by atoms with Crippen LogP contribution in [0.25, 0.3) is 31.8 Å². The van der Waals surface area contributed by atoms with Gasteiger partial charge in [0.2, 0.25) is 5.88 Å². The standard InChI is InChI=1S/C22H16ClF2N3O5S/c1-9-3-12(16-13(4-9)27-15(30-2)6-26-16)21-28-17-11(20(24)25)5-14-18(19(17)34-21)31-7-10(33-14)8-32-22(23)29/h3-6,10,20H,7-8H2,1-2H3/t10-/m1/s1. The second kappa shape index (κ2) is 8.80. The third-order valence-electron chi connectivity index (χ3n) is 5.15. The fourth-order valence-electron chi connectivity index (χ4n) is 3.70. The van der Waals surface area contributed by atoms with E-state index in [9.17, 15) is 13.6 Å². The van der Waals surface area contributed by atoms with Gasteiger partial charge in [0.25, 0.3) is 6.43 Å². The number of ether oxygens (including phenoxy) is 4. The van der Waals surface area contributed by atoms with Crippen LogP contribution in [-0.4, -0.2) is 46.8 Å². The molecule has 12 heteroatoms. The Kier molecular flexibility index (Phi) is 5.82. The Labute approximate surface area is 200 Å². The van der Waals surface area contributed by atoms with Crippen molar-refractivity contribution in [3.05, 3.63) is 35.5 Å². The molecule has 0 saturated heterocycles. The van der Waals surface area contributed by atoms with Crippen molar-refractivity contribution in [3.63, 3.8) is 0 Å². The van der Waals surface area contributed by atoms with Crippen molar-refractivity contribution < 1.29 is 32.5 Å². The Morgan fingerprint density at radius 2 is 2.12 bits per heavy atom. The highest BCUT2D eigenvalue weighted by Gasteiger charge is 2.30. The zero-order chi connectivity index (χ0) is 24.0. The number of hydrogen-bond acceptors (Lipinski definition) is 9. The molecule has 2 aromatic heterocycles. The Balaban J connectivity index is 1.64. The number of hydrogen-bond donors (Lipinski definition) is 0. The van der Waals surface area contributed by atoms with Gasteiger partial charge in [0, 0.05) is 22.7 Å². The van der Waals surface area contributed by atoms with E-state index >= 15 is 0 Å². The molecule has 1 aliphatic heterocycles. The smallest absolute Gasteiger partial charge is 0.403 e. The number of nitrogens with zero attached hydrogens (tertiary/aromatic N) is 3. The van der Waals surface area contributed by atoms with Crippen LogP contribution >= 0.6 is 22.9 Å². The zero-order valence-electron chi connectivity index (χ0n) is 17.8. The maximum Gasteiger partial charge on any atom is 0.403 e. The van der Waals surface area contributed by atoms with Crippen molar-refractivity contribution in [3.8, 4) is 28.0 Å². The van der Waals surface area contributed by atoms with Crippen LogP contribution in [0.2, 0.25) is 0 Å². The van der Waals surface area contributed by atoms with Crippen LogP contribution < -0.4 is 14.2 Å². The number of thiazole rings is 1. The van der Waals surface area contributed by atoms with Gasteiger partial charge in [-0.1, -0.05) is 0 Å².